The zero-order valence-electron chi connectivity index (χ0n) is 11.8. The molecule has 0 aliphatic rings. The van der Waals surface area contributed by atoms with Crippen molar-refractivity contribution in [3.63, 3.8) is 0 Å². The van der Waals surface area contributed by atoms with Gasteiger partial charge in [0.05, 0.1) is 0 Å². The van der Waals surface area contributed by atoms with E-state index in [4.69, 9.17) is 4.74 Å². The SMILES string of the molecule is CCCNCCCCCOCC(=O)C(C)CC. The summed E-state index contributed by atoms with van der Waals surface area (Å²) in [7, 11) is 0. The number of ketones is 1. The average Bonchev–Trinajstić information content (AvgIpc) is 2.35. The molecule has 0 spiro atoms. The third kappa shape index (κ3) is 10.5. The van der Waals surface area contributed by atoms with Gasteiger partial charge in [0.1, 0.15) is 6.61 Å². The van der Waals surface area contributed by atoms with Crippen molar-refractivity contribution < 1.29 is 9.53 Å². The van der Waals surface area contributed by atoms with Gasteiger partial charge in [-0.05, 0) is 45.2 Å². The van der Waals surface area contributed by atoms with E-state index in [0.717, 1.165) is 32.5 Å². The predicted molar refractivity (Wildman–Crippen MR) is 72.3 cm³/mol. The van der Waals surface area contributed by atoms with Crippen LogP contribution in [0.5, 0.6) is 0 Å². The molecule has 0 aromatic carbocycles. The van der Waals surface area contributed by atoms with Crippen molar-refractivity contribution in [2.75, 3.05) is 26.3 Å². The van der Waals surface area contributed by atoms with Gasteiger partial charge >= 0.3 is 0 Å². The minimum atomic E-state index is 0.147. The molecule has 0 aliphatic heterocycles. The topological polar surface area (TPSA) is 38.3 Å². The Kier molecular flexibility index (Phi) is 11.8. The summed E-state index contributed by atoms with van der Waals surface area (Å²) < 4.78 is 5.38. The van der Waals surface area contributed by atoms with Gasteiger partial charge in [0.2, 0.25) is 0 Å². The minimum absolute atomic E-state index is 0.147. The highest BCUT2D eigenvalue weighted by molar-refractivity contribution is 5.81. The van der Waals surface area contributed by atoms with Crippen molar-refractivity contribution in [2.24, 2.45) is 5.92 Å². The van der Waals surface area contributed by atoms with E-state index >= 15 is 0 Å². The zero-order chi connectivity index (χ0) is 12.9. The van der Waals surface area contributed by atoms with Gasteiger partial charge in [-0.1, -0.05) is 20.8 Å². The van der Waals surface area contributed by atoms with Crippen LogP contribution < -0.4 is 5.32 Å². The van der Waals surface area contributed by atoms with E-state index in [1.165, 1.54) is 19.3 Å². The van der Waals surface area contributed by atoms with Gasteiger partial charge in [0, 0.05) is 12.5 Å². The number of carbonyl (C=O) groups excluding carboxylic acids is 1. The van der Waals surface area contributed by atoms with Crippen molar-refractivity contribution in [1.82, 2.24) is 5.32 Å². The minimum Gasteiger partial charge on any atom is -0.374 e. The van der Waals surface area contributed by atoms with Crippen LogP contribution in [0, 0.1) is 5.92 Å². The van der Waals surface area contributed by atoms with Gasteiger partial charge in [-0.2, -0.15) is 0 Å². The van der Waals surface area contributed by atoms with E-state index in [1.54, 1.807) is 0 Å². The Morgan fingerprint density at radius 3 is 2.59 bits per heavy atom. The smallest absolute Gasteiger partial charge is 0.161 e. The number of nitrogens with one attached hydrogen (secondary N) is 1. The fraction of sp³-hybridized carbons (Fsp3) is 0.929. The second-order valence-corrected chi connectivity index (χ2v) is 4.64. The maximum Gasteiger partial charge on any atom is 0.161 e. The molecule has 0 fully saturated rings. The van der Waals surface area contributed by atoms with E-state index in [2.05, 4.69) is 12.2 Å². The summed E-state index contributed by atoms with van der Waals surface area (Å²) >= 11 is 0. The van der Waals surface area contributed by atoms with E-state index < -0.39 is 0 Å². The molecule has 17 heavy (non-hydrogen) atoms. The lowest BCUT2D eigenvalue weighted by molar-refractivity contribution is -0.127. The number of unbranched alkanes of at least 4 members (excludes halogenated alkanes) is 2. The van der Waals surface area contributed by atoms with Crippen molar-refractivity contribution in [3.8, 4) is 0 Å². The van der Waals surface area contributed by atoms with Crippen LogP contribution in [0.1, 0.15) is 52.9 Å². The third-order valence-corrected chi connectivity index (χ3v) is 2.98. The van der Waals surface area contributed by atoms with Crippen molar-refractivity contribution >= 4 is 5.78 Å². The van der Waals surface area contributed by atoms with Crippen molar-refractivity contribution in [3.05, 3.63) is 0 Å². The van der Waals surface area contributed by atoms with Crippen LogP contribution in [0.15, 0.2) is 0 Å². The lowest BCUT2D eigenvalue weighted by atomic mass is 10.1. The highest BCUT2D eigenvalue weighted by Gasteiger charge is 2.09. The molecule has 1 atom stereocenters. The average molecular weight is 243 g/mol. The van der Waals surface area contributed by atoms with Gasteiger partial charge in [0.15, 0.2) is 5.78 Å². The summed E-state index contributed by atoms with van der Waals surface area (Å²) in [5, 5.41) is 3.37. The number of ether oxygens (including phenoxy) is 1. The number of hydrogen-bond donors (Lipinski definition) is 1. The van der Waals surface area contributed by atoms with Crippen molar-refractivity contribution in [1.29, 1.82) is 0 Å². The molecule has 0 rings (SSSR count). The molecule has 1 N–H and O–H groups in total. The first-order valence-electron chi connectivity index (χ1n) is 7.03. The molecule has 0 amide bonds. The predicted octanol–water partition coefficient (Wildman–Crippen LogP) is 2.79. The van der Waals surface area contributed by atoms with Crippen LogP contribution in [0.3, 0.4) is 0 Å². The molecule has 1 unspecified atom stereocenters. The maximum atomic E-state index is 11.4. The molecule has 0 heterocycles. The molecule has 0 aliphatic carbocycles. The summed E-state index contributed by atoms with van der Waals surface area (Å²) in [4.78, 5) is 11.4. The van der Waals surface area contributed by atoms with Crippen LogP contribution >= 0.6 is 0 Å². The van der Waals surface area contributed by atoms with Gasteiger partial charge in [-0.15, -0.1) is 0 Å². The monoisotopic (exact) mass is 243 g/mol. The normalized spacial score (nSPS) is 12.6. The molecule has 0 bridgehead atoms. The third-order valence-electron chi connectivity index (χ3n) is 2.98. The quantitative estimate of drug-likeness (QED) is 0.536. The Bertz CT molecular complexity index is 183. The number of hydrogen-bond acceptors (Lipinski definition) is 3. The molecule has 3 nitrogen and oxygen atoms in total. The molecular formula is C14H29NO2. The Labute approximate surface area is 106 Å². The zero-order valence-corrected chi connectivity index (χ0v) is 11.8. The molecule has 0 saturated heterocycles. The Morgan fingerprint density at radius 2 is 1.94 bits per heavy atom. The first-order chi connectivity index (χ1) is 8.22. The molecular weight excluding hydrogens is 214 g/mol. The van der Waals surface area contributed by atoms with Crippen LogP contribution in [0.25, 0.3) is 0 Å². The fourth-order valence-corrected chi connectivity index (χ4v) is 1.48. The van der Waals surface area contributed by atoms with Crippen LogP contribution in [0.4, 0.5) is 0 Å². The van der Waals surface area contributed by atoms with Gasteiger partial charge < -0.3 is 10.1 Å². The Hall–Kier alpha value is -0.410. The van der Waals surface area contributed by atoms with E-state index in [9.17, 15) is 4.79 Å². The molecule has 3 heteroatoms. The first kappa shape index (κ1) is 16.6. The number of Topliss-reactive ketones (excluding diaryl/α,β-unsaturated/α-hetero) is 1. The van der Waals surface area contributed by atoms with Crippen LogP contribution in [-0.2, 0) is 9.53 Å². The highest BCUT2D eigenvalue weighted by Crippen LogP contribution is 2.03. The van der Waals surface area contributed by atoms with Crippen LogP contribution in [0.2, 0.25) is 0 Å². The Balaban J connectivity index is 3.16. The Morgan fingerprint density at radius 1 is 1.18 bits per heavy atom. The van der Waals surface area contributed by atoms with Gasteiger partial charge in [0.25, 0.3) is 0 Å². The number of rotatable bonds is 12. The molecule has 102 valence electrons. The fourth-order valence-electron chi connectivity index (χ4n) is 1.48. The summed E-state index contributed by atoms with van der Waals surface area (Å²) in [6, 6.07) is 0. The highest BCUT2D eigenvalue weighted by atomic mass is 16.5. The largest absolute Gasteiger partial charge is 0.374 e. The lowest BCUT2D eigenvalue weighted by Gasteiger charge is -2.08. The van der Waals surface area contributed by atoms with E-state index in [0.29, 0.717) is 6.61 Å². The van der Waals surface area contributed by atoms with Gasteiger partial charge in [-0.25, -0.2) is 0 Å². The number of carbonyl (C=O) groups is 1. The summed E-state index contributed by atoms with van der Waals surface area (Å²) in [6.45, 7) is 9.39. The molecule has 0 aromatic heterocycles. The van der Waals surface area contributed by atoms with Crippen LogP contribution in [-0.4, -0.2) is 32.1 Å². The lowest BCUT2D eigenvalue weighted by Crippen LogP contribution is -2.17. The first-order valence-corrected chi connectivity index (χ1v) is 7.03. The second-order valence-electron chi connectivity index (χ2n) is 4.64. The van der Waals surface area contributed by atoms with Gasteiger partial charge in [-0.3, -0.25) is 4.79 Å². The maximum absolute atomic E-state index is 11.4. The molecule has 0 radical (unpaired) electrons. The van der Waals surface area contributed by atoms with Crippen molar-refractivity contribution in [2.45, 2.75) is 52.9 Å². The summed E-state index contributed by atoms with van der Waals surface area (Å²) in [6.07, 6.45) is 5.53. The standard InChI is InChI=1S/C14H29NO2/c1-4-9-15-10-7-6-8-11-17-12-14(16)13(3)5-2/h13,15H,4-12H2,1-3H3. The summed E-state index contributed by atoms with van der Waals surface area (Å²) in [5.41, 5.74) is 0. The van der Waals surface area contributed by atoms with E-state index in [-0.39, 0.29) is 11.7 Å². The summed E-state index contributed by atoms with van der Waals surface area (Å²) in [5.74, 6) is 0.380. The molecule has 0 aromatic rings. The van der Waals surface area contributed by atoms with E-state index in [1.807, 2.05) is 13.8 Å². The molecule has 0 saturated carbocycles. The second kappa shape index (κ2) is 12.1.